The Morgan fingerprint density at radius 1 is 1.00 bits per heavy atom. The third-order valence-electron chi connectivity index (χ3n) is 8.61. The Hall–Kier alpha value is -2.73. The van der Waals surface area contributed by atoms with Crippen molar-refractivity contribution < 1.29 is 9.59 Å². The highest BCUT2D eigenvalue weighted by Gasteiger charge is 2.52. The lowest BCUT2D eigenvalue weighted by molar-refractivity contribution is -0.133. The minimum Gasteiger partial charge on any atom is -0.351 e. The third-order valence-corrected chi connectivity index (χ3v) is 8.61. The summed E-state index contributed by atoms with van der Waals surface area (Å²) in [5.41, 5.74) is 2.85. The highest BCUT2D eigenvalue weighted by atomic mass is 16.2. The maximum Gasteiger partial charge on any atom is 0.251 e. The van der Waals surface area contributed by atoms with E-state index in [9.17, 15) is 9.59 Å². The number of rotatable bonds is 5. The minimum atomic E-state index is -1.12. The van der Waals surface area contributed by atoms with Gasteiger partial charge in [0, 0.05) is 29.7 Å². The normalized spacial score (nSPS) is 24.4. The summed E-state index contributed by atoms with van der Waals surface area (Å²) >= 11 is 0. The van der Waals surface area contributed by atoms with Gasteiger partial charge in [0.1, 0.15) is 0 Å². The van der Waals surface area contributed by atoms with Crippen molar-refractivity contribution in [3.05, 3.63) is 59.4 Å². The van der Waals surface area contributed by atoms with Crippen LogP contribution in [0.15, 0.2) is 42.7 Å². The van der Waals surface area contributed by atoms with Gasteiger partial charge >= 0.3 is 0 Å². The van der Waals surface area contributed by atoms with Crippen molar-refractivity contribution in [3.63, 3.8) is 0 Å². The molecule has 37 heavy (non-hydrogen) atoms. The predicted octanol–water partition coefficient (Wildman–Crippen LogP) is 5.14. The first-order valence-corrected chi connectivity index (χ1v) is 14.2. The van der Waals surface area contributed by atoms with Crippen LogP contribution in [0.4, 0.5) is 5.69 Å². The number of benzene rings is 1. The van der Waals surface area contributed by atoms with Gasteiger partial charge in [-0.3, -0.25) is 19.5 Å². The van der Waals surface area contributed by atoms with E-state index in [0.717, 1.165) is 74.7 Å². The van der Waals surface area contributed by atoms with Gasteiger partial charge in [-0.05, 0) is 86.2 Å². The van der Waals surface area contributed by atoms with Crippen LogP contribution in [0.5, 0.6) is 0 Å². The second-order valence-corrected chi connectivity index (χ2v) is 12.2. The van der Waals surface area contributed by atoms with Gasteiger partial charge in [-0.15, -0.1) is 0 Å². The molecular formula is C31H42N4O2. The second kappa shape index (κ2) is 10.6. The molecule has 198 valence electrons. The van der Waals surface area contributed by atoms with Crippen LogP contribution in [0.3, 0.4) is 0 Å². The number of anilines is 1. The number of hydrogen-bond acceptors (Lipinski definition) is 4. The highest BCUT2D eigenvalue weighted by molar-refractivity contribution is 6.06. The molecule has 2 atom stereocenters. The molecular weight excluding hydrogens is 460 g/mol. The lowest BCUT2D eigenvalue weighted by atomic mass is 9.74. The van der Waals surface area contributed by atoms with Crippen molar-refractivity contribution in [1.29, 1.82) is 0 Å². The lowest BCUT2D eigenvalue weighted by Crippen LogP contribution is -2.63. The van der Waals surface area contributed by atoms with E-state index in [-0.39, 0.29) is 29.3 Å². The van der Waals surface area contributed by atoms with Gasteiger partial charge in [-0.2, -0.15) is 0 Å². The second-order valence-electron chi connectivity index (χ2n) is 12.2. The van der Waals surface area contributed by atoms with Gasteiger partial charge in [0.2, 0.25) is 5.91 Å². The Balaban J connectivity index is 1.65. The Labute approximate surface area is 221 Å². The van der Waals surface area contributed by atoms with Crippen molar-refractivity contribution in [2.75, 3.05) is 11.4 Å². The van der Waals surface area contributed by atoms with Crippen LogP contribution in [-0.4, -0.2) is 35.4 Å². The van der Waals surface area contributed by atoms with E-state index < -0.39 is 5.54 Å². The third kappa shape index (κ3) is 5.05. The fraction of sp³-hybridized carbons (Fsp3) is 0.581. The van der Waals surface area contributed by atoms with E-state index in [4.69, 9.17) is 0 Å². The monoisotopic (exact) mass is 502 g/mol. The molecule has 6 heteroatoms. The molecule has 6 nitrogen and oxygen atoms in total. The summed E-state index contributed by atoms with van der Waals surface area (Å²) in [6.45, 7) is 7.40. The van der Waals surface area contributed by atoms with Crippen molar-refractivity contribution >= 4 is 17.5 Å². The smallest absolute Gasteiger partial charge is 0.251 e. The molecule has 2 unspecified atom stereocenters. The molecule has 2 amide bonds. The number of nitrogens with zero attached hydrogens (tertiary/aromatic N) is 2. The molecule has 0 spiro atoms. The average Bonchev–Trinajstić information content (AvgIpc) is 3.44. The van der Waals surface area contributed by atoms with Crippen LogP contribution in [0.25, 0.3) is 0 Å². The van der Waals surface area contributed by atoms with E-state index in [1.807, 2.05) is 29.3 Å². The molecule has 2 N–H and O–H groups in total. The Kier molecular flexibility index (Phi) is 7.39. The molecule has 3 aliphatic rings. The van der Waals surface area contributed by atoms with Crippen LogP contribution >= 0.6 is 0 Å². The molecule has 2 aliphatic carbocycles. The summed E-state index contributed by atoms with van der Waals surface area (Å²) in [5, 5.41) is 6.82. The number of carbonyl (C=O) groups is 2. The van der Waals surface area contributed by atoms with Gasteiger partial charge in [0.05, 0.1) is 6.04 Å². The van der Waals surface area contributed by atoms with Crippen molar-refractivity contribution in [1.82, 2.24) is 15.6 Å². The van der Waals surface area contributed by atoms with Crippen molar-refractivity contribution in [2.45, 2.75) is 108 Å². The molecule has 2 fully saturated rings. The van der Waals surface area contributed by atoms with E-state index in [2.05, 4.69) is 48.5 Å². The number of amides is 2. The van der Waals surface area contributed by atoms with Crippen LogP contribution in [0, 0.1) is 0 Å². The predicted molar refractivity (Wildman–Crippen MR) is 148 cm³/mol. The Morgan fingerprint density at radius 2 is 1.76 bits per heavy atom. The van der Waals surface area contributed by atoms with Crippen LogP contribution < -0.4 is 15.5 Å². The number of aromatic nitrogens is 1. The van der Waals surface area contributed by atoms with E-state index >= 15 is 0 Å². The zero-order valence-electron chi connectivity index (χ0n) is 22.7. The first kappa shape index (κ1) is 25.9. The lowest BCUT2D eigenvalue weighted by Gasteiger charge is -2.47. The summed E-state index contributed by atoms with van der Waals surface area (Å²) in [7, 11) is 0. The van der Waals surface area contributed by atoms with Crippen molar-refractivity contribution in [2.24, 2.45) is 0 Å². The quantitative estimate of drug-likeness (QED) is 0.593. The molecule has 2 aromatic rings. The molecule has 0 radical (unpaired) electrons. The van der Waals surface area contributed by atoms with Crippen LogP contribution in [0.2, 0.25) is 0 Å². The molecule has 1 aromatic heterocycles. The van der Waals surface area contributed by atoms with Gasteiger partial charge in [-0.1, -0.05) is 52.2 Å². The zero-order valence-corrected chi connectivity index (χ0v) is 22.7. The Morgan fingerprint density at radius 3 is 2.43 bits per heavy atom. The highest BCUT2D eigenvalue weighted by Crippen LogP contribution is 2.44. The summed E-state index contributed by atoms with van der Waals surface area (Å²) in [5.74, 6) is -0.0731. The summed E-state index contributed by atoms with van der Waals surface area (Å²) in [6, 6.07) is 10.2. The maximum absolute atomic E-state index is 14.6. The fourth-order valence-electron chi connectivity index (χ4n) is 6.50. The van der Waals surface area contributed by atoms with E-state index in [1.165, 1.54) is 12.0 Å². The number of fused-ring (bicyclic) bond motifs is 1. The first-order valence-electron chi connectivity index (χ1n) is 14.2. The van der Waals surface area contributed by atoms with Crippen LogP contribution in [-0.2, 0) is 27.0 Å². The minimum absolute atomic E-state index is 0.00220. The van der Waals surface area contributed by atoms with E-state index in [1.54, 1.807) is 6.20 Å². The number of aryl methyl sites for hydroxylation is 1. The van der Waals surface area contributed by atoms with Crippen molar-refractivity contribution in [3.8, 4) is 0 Å². The van der Waals surface area contributed by atoms with Gasteiger partial charge < -0.3 is 10.6 Å². The number of hydrogen-bond donors (Lipinski definition) is 2. The molecule has 1 saturated carbocycles. The van der Waals surface area contributed by atoms with E-state index in [0.29, 0.717) is 6.42 Å². The number of pyridine rings is 1. The standard InChI is InChI=1S/C31H42N4O2/c1-30(2,3)23-13-15-25(16-14-23)35(28(36)27-12-8-19-33-27)31(29(37)34-24-10-5-4-6-11-24)18-7-9-22-17-20-32-21-26(22)31/h13-17,20-21,24,27,33H,4-12,18-19H2,1-3H3,(H,34,37). The first-order chi connectivity index (χ1) is 17.8. The Bertz CT molecular complexity index is 1110. The topological polar surface area (TPSA) is 74.3 Å². The molecule has 1 saturated heterocycles. The average molecular weight is 503 g/mol. The number of nitrogens with one attached hydrogen (secondary N) is 2. The maximum atomic E-state index is 14.6. The summed E-state index contributed by atoms with van der Waals surface area (Å²) in [6.07, 6.45) is 13.2. The number of carbonyl (C=O) groups excluding carboxylic acids is 2. The summed E-state index contributed by atoms with van der Waals surface area (Å²) < 4.78 is 0. The molecule has 0 bridgehead atoms. The molecule has 2 heterocycles. The molecule has 5 rings (SSSR count). The van der Waals surface area contributed by atoms with Gasteiger partial charge in [0.15, 0.2) is 5.54 Å². The largest absolute Gasteiger partial charge is 0.351 e. The molecule has 1 aromatic carbocycles. The van der Waals surface area contributed by atoms with Gasteiger partial charge in [0.25, 0.3) is 5.91 Å². The molecule has 1 aliphatic heterocycles. The summed E-state index contributed by atoms with van der Waals surface area (Å²) in [4.78, 5) is 35.3. The zero-order chi connectivity index (χ0) is 26.0. The SMILES string of the molecule is CC(C)(C)c1ccc(N(C(=O)C2CCCN2)C2(C(=O)NC3CCCCC3)CCCc3ccncc32)cc1. The van der Waals surface area contributed by atoms with Crippen LogP contribution in [0.1, 0.15) is 95.2 Å². The fourth-order valence-corrected chi connectivity index (χ4v) is 6.50. The van der Waals surface area contributed by atoms with Gasteiger partial charge in [-0.25, -0.2) is 0 Å².